The van der Waals surface area contributed by atoms with E-state index in [-0.39, 0.29) is 43.1 Å². The lowest BCUT2D eigenvalue weighted by Crippen LogP contribution is -2.61. The summed E-state index contributed by atoms with van der Waals surface area (Å²) in [6.45, 7) is 4.84. The minimum atomic E-state index is -1.72. The van der Waals surface area contributed by atoms with E-state index in [4.69, 9.17) is 11.5 Å². The topological polar surface area (TPSA) is 351 Å². The summed E-state index contributed by atoms with van der Waals surface area (Å²) in [5.41, 5.74) is 11.5. The molecule has 0 spiro atoms. The molecule has 14 N–H and O–H groups in total. The molecule has 23 heteroatoms. The summed E-state index contributed by atoms with van der Waals surface area (Å²) in [5, 5.41) is 45.3. The Morgan fingerprint density at radius 2 is 1.07 bits per heavy atom. The molecule has 0 saturated carbocycles. The third kappa shape index (κ3) is 18.5. The fourth-order valence-electron chi connectivity index (χ4n) is 5.39. The Kier molecular flexibility index (Phi) is 23.9. The minimum absolute atomic E-state index is 0.0463. The van der Waals surface area contributed by atoms with Crippen LogP contribution >= 0.6 is 25.3 Å². The van der Waals surface area contributed by atoms with Crippen LogP contribution < -0.4 is 48.7 Å². The molecule has 336 valence electrons. The van der Waals surface area contributed by atoms with Crippen molar-refractivity contribution in [2.45, 2.75) is 102 Å². The quantitative estimate of drug-likeness (QED) is 0.0374. The summed E-state index contributed by atoms with van der Waals surface area (Å²) in [6, 6.07) is -2.67. The Morgan fingerprint density at radius 3 is 1.57 bits per heavy atom. The number of hydrogen-bond acceptors (Lipinski definition) is 14. The lowest BCUT2D eigenvalue weighted by molar-refractivity contribution is -0.143. The fourth-order valence-corrected chi connectivity index (χ4v) is 5.82. The van der Waals surface area contributed by atoms with E-state index in [0.29, 0.717) is 5.56 Å². The maximum atomic E-state index is 13.9. The van der Waals surface area contributed by atoms with Crippen molar-refractivity contribution in [1.29, 1.82) is 0 Å². The van der Waals surface area contributed by atoms with Gasteiger partial charge in [-0.1, -0.05) is 58.0 Å². The number of carboxylic acids is 1. The van der Waals surface area contributed by atoms with Gasteiger partial charge in [-0.05, 0) is 30.2 Å². The van der Waals surface area contributed by atoms with Crippen LogP contribution in [0.5, 0.6) is 0 Å². The number of carbonyl (C=O) groups is 9. The molecule has 0 aliphatic carbocycles. The predicted octanol–water partition coefficient (Wildman–Crippen LogP) is -4.15. The summed E-state index contributed by atoms with van der Waals surface area (Å²) >= 11 is 8.14. The molecule has 1 aromatic carbocycles. The number of carbonyl (C=O) groups excluding carboxylic acids is 8. The molecule has 21 nitrogen and oxygen atoms in total. The van der Waals surface area contributed by atoms with Gasteiger partial charge in [0.25, 0.3) is 0 Å². The first-order chi connectivity index (χ1) is 28.2. The van der Waals surface area contributed by atoms with E-state index in [1.165, 1.54) is 0 Å². The molecule has 8 atom stereocenters. The van der Waals surface area contributed by atoms with Crippen molar-refractivity contribution >= 4 is 78.5 Å². The number of benzene rings is 1. The van der Waals surface area contributed by atoms with Crippen LogP contribution in [0.3, 0.4) is 0 Å². The molecule has 8 amide bonds. The zero-order valence-electron chi connectivity index (χ0n) is 33.9. The standard InChI is InChI=1S/C37H59N9O12S2/c1-18(2)12-23(32(52)41-24(13-20-8-6-5-7-9-20)33(53)43-25(14-47)34(54)44-26(15-48)37(57)58)42-36(56)29(19(3)4)46-35(55)27(17-60)45-31(51)22(10-11-28(39)49)40-30(50)21(38)16-59/h5-9,18-19,21-27,29,47-48,59-60H,10-17,38H2,1-4H3,(H2,39,49)(H,40,50)(H,41,52)(H,42,56)(H,43,53)(H,44,54)(H,45,51)(H,46,55)(H,57,58)/t21-,22-,23-,24-,25-,26-,27-,29-/m0/s1. The van der Waals surface area contributed by atoms with Crippen LogP contribution in [0.2, 0.25) is 0 Å². The number of hydrogen-bond donors (Lipinski definition) is 14. The third-order valence-electron chi connectivity index (χ3n) is 8.78. The van der Waals surface area contributed by atoms with Gasteiger partial charge >= 0.3 is 5.97 Å². The number of amides is 8. The van der Waals surface area contributed by atoms with Crippen LogP contribution in [0, 0.1) is 11.8 Å². The summed E-state index contributed by atoms with van der Waals surface area (Å²) in [7, 11) is 0. The van der Waals surface area contributed by atoms with Gasteiger partial charge in [0.05, 0.1) is 19.3 Å². The van der Waals surface area contributed by atoms with Crippen molar-refractivity contribution < 1.29 is 58.5 Å². The molecule has 0 heterocycles. The predicted molar refractivity (Wildman–Crippen MR) is 224 cm³/mol. The maximum absolute atomic E-state index is 13.9. The molecule has 0 fully saturated rings. The number of aliphatic hydroxyl groups is 2. The first kappa shape index (κ1) is 53.0. The SMILES string of the molecule is CC(C)C[C@H](NC(=O)[C@@H](NC(=O)[C@H](CS)NC(=O)[C@H](CCC(N)=O)NC(=O)[C@@H](N)CS)C(C)C)C(=O)N[C@@H](Cc1ccccc1)C(=O)N[C@@H](CO)C(=O)N[C@@H](CO)C(=O)O. The number of nitrogens with one attached hydrogen (secondary N) is 7. The Bertz CT molecular complexity index is 1640. The summed E-state index contributed by atoms with van der Waals surface area (Å²) < 4.78 is 0. The molecule has 1 aromatic rings. The van der Waals surface area contributed by atoms with Gasteiger partial charge in [-0.15, -0.1) is 0 Å². The van der Waals surface area contributed by atoms with Crippen molar-refractivity contribution in [2.75, 3.05) is 24.7 Å². The van der Waals surface area contributed by atoms with Crippen LogP contribution in [-0.2, 0) is 49.6 Å². The largest absolute Gasteiger partial charge is 0.480 e. The van der Waals surface area contributed by atoms with Crippen molar-refractivity contribution in [3.05, 3.63) is 35.9 Å². The van der Waals surface area contributed by atoms with Crippen LogP contribution in [0.15, 0.2) is 30.3 Å². The van der Waals surface area contributed by atoms with Crippen molar-refractivity contribution in [2.24, 2.45) is 23.3 Å². The maximum Gasteiger partial charge on any atom is 0.328 e. The number of primary amides is 1. The van der Waals surface area contributed by atoms with Crippen LogP contribution in [0.25, 0.3) is 0 Å². The second-order valence-corrected chi connectivity index (χ2v) is 15.3. The van der Waals surface area contributed by atoms with Gasteiger partial charge in [0, 0.05) is 24.3 Å². The Balaban J connectivity index is 3.30. The van der Waals surface area contributed by atoms with E-state index in [1.54, 1.807) is 58.0 Å². The number of rotatable bonds is 27. The number of nitrogens with two attached hydrogens (primary N) is 2. The minimum Gasteiger partial charge on any atom is -0.480 e. The van der Waals surface area contributed by atoms with Crippen LogP contribution in [-0.4, -0.2) is 142 Å². The highest BCUT2D eigenvalue weighted by atomic mass is 32.1. The molecule has 0 aromatic heterocycles. The molecular weight excluding hydrogens is 827 g/mol. The molecule has 0 unspecified atom stereocenters. The second-order valence-electron chi connectivity index (χ2n) is 14.6. The van der Waals surface area contributed by atoms with Crippen LogP contribution in [0.4, 0.5) is 0 Å². The molecule has 0 aliphatic heterocycles. The molecule has 0 radical (unpaired) electrons. The fraction of sp³-hybridized carbons (Fsp3) is 0.595. The first-order valence-electron chi connectivity index (χ1n) is 19.1. The second kappa shape index (κ2) is 27.0. The lowest BCUT2D eigenvalue weighted by atomic mass is 9.98. The van der Waals surface area contributed by atoms with E-state index in [0.717, 1.165) is 0 Å². The molecule has 0 aliphatic rings. The highest BCUT2D eigenvalue weighted by Crippen LogP contribution is 2.11. The third-order valence-corrected chi connectivity index (χ3v) is 9.54. The van der Waals surface area contributed by atoms with Gasteiger partial charge in [-0.3, -0.25) is 38.4 Å². The van der Waals surface area contributed by atoms with E-state index >= 15 is 0 Å². The average Bonchev–Trinajstić information content (AvgIpc) is 3.19. The van der Waals surface area contributed by atoms with Gasteiger partial charge in [0.2, 0.25) is 47.3 Å². The monoisotopic (exact) mass is 885 g/mol. The normalized spacial score (nSPS) is 15.1. The zero-order chi connectivity index (χ0) is 45.7. The smallest absolute Gasteiger partial charge is 0.328 e. The zero-order valence-corrected chi connectivity index (χ0v) is 35.7. The number of carboxylic acid groups (broad SMARTS) is 1. The molecule has 60 heavy (non-hydrogen) atoms. The van der Waals surface area contributed by atoms with E-state index in [9.17, 15) is 58.5 Å². The molecular formula is C37H59N9O12S2. The molecule has 0 bridgehead atoms. The van der Waals surface area contributed by atoms with Crippen molar-refractivity contribution in [1.82, 2.24) is 37.2 Å². The van der Waals surface area contributed by atoms with Gasteiger partial charge in [0.1, 0.15) is 42.3 Å². The van der Waals surface area contributed by atoms with Crippen molar-refractivity contribution in [3.63, 3.8) is 0 Å². The summed E-state index contributed by atoms with van der Waals surface area (Å²) in [5.74, 6) is -9.52. The number of aliphatic carboxylic acids is 1. The number of thiol groups is 2. The van der Waals surface area contributed by atoms with Crippen molar-refractivity contribution in [3.8, 4) is 0 Å². The Labute approximate surface area is 358 Å². The average molecular weight is 886 g/mol. The van der Waals surface area contributed by atoms with Gasteiger partial charge in [-0.2, -0.15) is 25.3 Å². The lowest BCUT2D eigenvalue weighted by Gasteiger charge is -2.29. The molecule has 1 rings (SSSR count). The van der Waals surface area contributed by atoms with E-state index < -0.39 is 121 Å². The van der Waals surface area contributed by atoms with Crippen LogP contribution in [0.1, 0.15) is 52.5 Å². The highest BCUT2D eigenvalue weighted by molar-refractivity contribution is 7.80. The van der Waals surface area contributed by atoms with Gasteiger partial charge in [-0.25, -0.2) is 4.79 Å². The van der Waals surface area contributed by atoms with E-state index in [2.05, 4.69) is 57.2 Å². The molecule has 0 saturated heterocycles. The number of aliphatic hydroxyl groups excluding tert-OH is 2. The van der Waals surface area contributed by atoms with Gasteiger partial charge < -0.3 is 64.0 Å². The first-order valence-corrected chi connectivity index (χ1v) is 20.3. The Morgan fingerprint density at radius 1 is 0.600 bits per heavy atom. The highest BCUT2D eigenvalue weighted by Gasteiger charge is 2.35. The summed E-state index contributed by atoms with van der Waals surface area (Å²) in [4.78, 5) is 116. The van der Waals surface area contributed by atoms with Gasteiger partial charge in [0.15, 0.2) is 0 Å². The van der Waals surface area contributed by atoms with E-state index in [1.807, 2.05) is 5.32 Å². The summed E-state index contributed by atoms with van der Waals surface area (Å²) in [6.07, 6.45) is -0.566. The Hall–Kier alpha value is -4.97.